The summed E-state index contributed by atoms with van der Waals surface area (Å²) in [7, 11) is 4.01. The number of halogens is 2. The quantitative estimate of drug-likeness (QED) is 0.213. The van der Waals surface area contributed by atoms with Crippen LogP contribution in [-0.2, 0) is 11.3 Å². The predicted molar refractivity (Wildman–Crippen MR) is 129 cm³/mol. The number of likely N-dealkylation sites (N-methyl/N-ethyl adjacent to an activating group) is 1. The van der Waals surface area contributed by atoms with Crippen molar-refractivity contribution in [1.29, 1.82) is 0 Å². The number of aromatic nitrogens is 2. The first-order valence-corrected chi connectivity index (χ1v) is 11.9. The third kappa shape index (κ3) is 6.66. The normalized spacial score (nSPS) is 15.7. The van der Waals surface area contributed by atoms with Gasteiger partial charge in [-0.2, -0.15) is 4.98 Å². The highest BCUT2D eigenvalue weighted by Crippen LogP contribution is 2.37. The summed E-state index contributed by atoms with van der Waals surface area (Å²) in [5, 5.41) is 0.433. The molecule has 2 heterocycles. The molecule has 1 aliphatic heterocycles. The van der Waals surface area contributed by atoms with Gasteiger partial charge in [0.25, 0.3) is 0 Å². The molecule has 0 bridgehead atoms. The minimum absolute atomic E-state index is 0.133. The van der Waals surface area contributed by atoms with Crippen LogP contribution in [0.1, 0.15) is 35.7 Å². The molecule has 1 fully saturated rings. The van der Waals surface area contributed by atoms with Crippen LogP contribution in [-0.4, -0.2) is 63.7 Å². The van der Waals surface area contributed by atoms with Crippen molar-refractivity contribution >= 4 is 40.3 Å². The lowest BCUT2D eigenvalue weighted by atomic mass is 9.91. The van der Waals surface area contributed by atoms with Crippen molar-refractivity contribution in [3.05, 3.63) is 52.4 Å². The van der Waals surface area contributed by atoms with Crippen LogP contribution in [0.15, 0.2) is 30.3 Å². The van der Waals surface area contributed by atoms with E-state index >= 15 is 0 Å². The Hall–Kier alpha value is -1.65. The summed E-state index contributed by atoms with van der Waals surface area (Å²) in [6.07, 6.45) is 1.22. The fourth-order valence-electron chi connectivity index (χ4n) is 3.43. The Labute approximate surface area is 202 Å². The fourth-order valence-corrected chi connectivity index (χ4v) is 3.97. The second kappa shape index (κ2) is 11.3. The van der Waals surface area contributed by atoms with Crippen LogP contribution in [0, 0.1) is 6.92 Å². The number of benzene rings is 1. The Bertz CT molecular complexity index is 877. The lowest BCUT2D eigenvalue weighted by Gasteiger charge is -2.32. The molecule has 0 spiro atoms. The summed E-state index contributed by atoms with van der Waals surface area (Å²) in [5.41, 5.74) is 1.81. The third-order valence-corrected chi connectivity index (χ3v) is 7.02. The number of ether oxygens (including phenoxy) is 2. The number of rotatable bonds is 7. The van der Waals surface area contributed by atoms with Gasteiger partial charge in [0.1, 0.15) is 24.2 Å². The highest BCUT2D eigenvalue weighted by atomic mass is 127. The van der Waals surface area contributed by atoms with Crippen molar-refractivity contribution in [1.82, 2.24) is 19.8 Å². The maximum absolute atomic E-state index is 12.5. The molecule has 0 saturated carbocycles. The van der Waals surface area contributed by atoms with Gasteiger partial charge in [0.2, 0.25) is 5.88 Å². The van der Waals surface area contributed by atoms with E-state index in [0.717, 1.165) is 24.0 Å². The molecule has 0 radical (unpaired) electrons. The van der Waals surface area contributed by atoms with E-state index in [1.54, 1.807) is 11.8 Å². The van der Waals surface area contributed by atoms with Gasteiger partial charge in [-0.1, -0.05) is 64.5 Å². The van der Waals surface area contributed by atoms with Crippen molar-refractivity contribution in [3.63, 3.8) is 0 Å². The van der Waals surface area contributed by atoms with Gasteiger partial charge < -0.3 is 14.4 Å². The van der Waals surface area contributed by atoms with Gasteiger partial charge in [-0.15, -0.1) is 0 Å². The van der Waals surface area contributed by atoms with Gasteiger partial charge in [0, 0.05) is 13.1 Å². The molecule has 9 heteroatoms. The molecule has 0 N–H and O–H groups in total. The van der Waals surface area contributed by atoms with Crippen LogP contribution in [0.2, 0.25) is 5.15 Å². The lowest BCUT2D eigenvalue weighted by Crippen LogP contribution is -2.38. The fraction of sp³-hybridized carbons (Fsp3) is 0.500. The average Bonchev–Trinajstić information content (AvgIpc) is 2.76. The van der Waals surface area contributed by atoms with Crippen LogP contribution < -0.4 is 4.74 Å². The average molecular weight is 559 g/mol. The largest absolute Gasteiger partial charge is 0.475 e. The number of likely N-dealkylation sites (tertiary alicyclic amines) is 1. The van der Waals surface area contributed by atoms with Crippen molar-refractivity contribution < 1.29 is 14.3 Å². The second-order valence-electron chi connectivity index (χ2n) is 7.79. The number of aryl methyl sites for hydroxylation is 1. The summed E-state index contributed by atoms with van der Waals surface area (Å²) in [5.74, 6) is 1.26. The van der Waals surface area contributed by atoms with Crippen LogP contribution in [0.25, 0.3) is 0 Å². The van der Waals surface area contributed by atoms with E-state index in [9.17, 15) is 4.79 Å². The van der Waals surface area contributed by atoms with Gasteiger partial charge in [-0.25, -0.2) is 9.78 Å². The lowest BCUT2D eigenvalue weighted by molar-refractivity contribution is 0.0868. The maximum atomic E-state index is 12.5. The van der Waals surface area contributed by atoms with Gasteiger partial charge in [0.05, 0.1) is 9.61 Å². The number of hydrogen-bond acceptors (Lipinski definition) is 6. The van der Waals surface area contributed by atoms with Gasteiger partial charge >= 0.3 is 6.09 Å². The van der Waals surface area contributed by atoms with E-state index in [0.29, 0.717) is 36.6 Å². The standard InChI is InChI=1S/C22H28ClIN4O3/c1-15-25-20(23)19(21(26-15)30-14-18(24)27(2)3)17-9-11-28(12-10-17)22(29)31-13-16-7-5-4-6-8-16/h4-8,17-18H,9-14H2,1-3H3. The molecule has 1 atom stereocenters. The molecule has 1 unspecified atom stereocenters. The zero-order valence-electron chi connectivity index (χ0n) is 18.1. The zero-order valence-corrected chi connectivity index (χ0v) is 21.0. The van der Waals surface area contributed by atoms with Gasteiger partial charge in [0.15, 0.2) is 0 Å². The molecule has 168 valence electrons. The summed E-state index contributed by atoms with van der Waals surface area (Å²) in [4.78, 5) is 25.1. The summed E-state index contributed by atoms with van der Waals surface area (Å²) < 4.78 is 11.7. The highest BCUT2D eigenvalue weighted by Gasteiger charge is 2.30. The number of alkyl halides is 1. The topological polar surface area (TPSA) is 67.8 Å². The predicted octanol–water partition coefficient (Wildman–Crippen LogP) is 4.66. The molecule has 3 rings (SSSR count). The van der Waals surface area contributed by atoms with E-state index in [-0.39, 0.29) is 22.7 Å². The summed E-state index contributed by atoms with van der Waals surface area (Å²) in [6.45, 7) is 3.76. The van der Waals surface area contributed by atoms with Crippen LogP contribution >= 0.6 is 34.2 Å². The van der Waals surface area contributed by atoms with Crippen LogP contribution in [0.4, 0.5) is 4.79 Å². The van der Waals surface area contributed by atoms with Crippen molar-refractivity contribution in [3.8, 4) is 5.88 Å². The molecule has 1 saturated heterocycles. The van der Waals surface area contributed by atoms with Gasteiger partial charge in [-0.3, -0.25) is 4.90 Å². The Morgan fingerprint density at radius 3 is 2.58 bits per heavy atom. The van der Waals surface area contributed by atoms with Crippen molar-refractivity contribution in [2.45, 2.75) is 36.3 Å². The zero-order chi connectivity index (χ0) is 22.4. The molecule has 1 aromatic heterocycles. The maximum Gasteiger partial charge on any atom is 0.410 e. The van der Waals surface area contributed by atoms with E-state index < -0.39 is 0 Å². The first-order chi connectivity index (χ1) is 14.8. The number of carbonyl (C=O) groups is 1. The number of piperidine rings is 1. The first kappa shape index (κ1) is 24.0. The molecule has 31 heavy (non-hydrogen) atoms. The van der Waals surface area contributed by atoms with Crippen molar-refractivity contribution in [2.75, 3.05) is 33.8 Å². The van der Waals surface area contributed by atoms with Crippen LogP contribution in [0.5, 0.6) is 5.88 Å². The highest BCUT2D eigenvalue weighted by molar-refractivity contribution is 14.1. The number of hydrogen-bond donors (Lipinski definition) is 0. The number of carbonyl (C=O) groups excluding carboxylic acids is 1. The minimum Gasteiger partial charge on any atom is -0.475 e. The van der Waals surface area contributed by atoms with E-state index in [2.05, 4.69) is 37.5 Å². The Morgan fingerprint density at radius 2 is 1.94 bits per heavy atom. The molecule has 1 amide bonds. The second-order valence-corrected chi connectivity index (χ2v) is 9.59. The molecule has 1 aromatic carbocycles. The summed E-state index contributed by atoms with van der Waals surface area (Å²) >= 11 is 8.84. The minimum atomic E-state index is -0.288. The molecular weight excluding hydrogens is 531 g/mol. The van der Waals surface area contributed by atoms with E-state index in [1.165, 1.54) is 0 Å². The molecule has 7 nitrogen and oxygen atoms in total. The van der Waals surface area contributed by atoms with E-state index in [1.807, 2.05) is 44.4 Å². The van der Waals surface area contributed by atoms with E-state index in [4.69, 9.17) is 21.1 Å². The summed E-state index contributed by atoms with van der Waals surface area (Å²) in [6, 6.07) is 9.68. The SMILES string of the molecule is Cc1nc(Cl)c(C2CCN(C(=O)OCc3ccccc3)CC2)c(OCC(I)N(C)C)n1. The Morgan fingerprint density at radius 1 is 1.26 bits per heavy atom. The smallest absolute Gasteiger partial charge is 0.410 e. The third-order valence-electron chi connectivity index (χ3n) is 5.26. The number of amides is 1. The first-order valence-electron chi connectivity index (χ1n) is 10.3. The Kier molecular flexibility index (Phi) is 8.74. The molecular formula is C22H28ClIN4O3. The number of nitrogens with zero attached hydrogens (tertiary/aromatic N) is 4. The molecule has 1 aliphatic rings. The van der Waals surface area contributed by atoms with Gasteiger partial charge in [-0.05, 0) is 45.3 Å². The van der Waals surface area contributed by atoms with Crippen LogP contribution in [0.3, 0.4) is 0 Å². The molecule has 0 aliphatic carbocycles. The molecule has 2 aromatic rings. The van der Waals surface area contributed by atoms with Crippen molar-refractivity contribution in [2.24, 2.45) is 0 Å². The Balaban J connectivity index is 1.61. The monoisotopic (exact) mass is 558 g/mol.